The molecule has 0 spiro atoms. The van der Waals surface area contributed by atoms with Gasteiger partial charge in [0.25, 0.3) is 0 Å². The lowest BCUT2D eigenvalue weighted by molar-refractivity contribution is 0.557. The van der Waals surface area contributed by atoms with Crippen molar-refractivity contribution in [2.45, 2.75) is 12.3 Å². The molecule has 2 rings (SSSR count). The molecule has 94 valence electrons. The van der Waals surface area contributed by atoms with E-state index >= 15 is 0 Å². The Morgan fingerprint density at radius 1 is 1.22 bits per heavy atom. The first-order valence-corrected chi connectivity index (χ1v) is 5.74. The average Bonchev–Trinajstić information content (AvgIpc) is 2.40. The van der Waals surface area contributed by atoms with E-state index in [0.29, 0.717) is 12.0 Å². The minimum Gasteiger partial charge on any atom is -0.330 e. The minimum absolute atomic E-state index is 0.245. The third-order valence-electron chi connectivity index (χ3n) is 2.89. The van der Waals surface area contributed by atoms with Crippen LogP contribution < -0.4 is 5.73 Å². The third kappa shape index (κ3) is 2.90. The number of nitrogens with zero attached hydrogens (tertiary/aromatic N) is 1. The molecule has 1 aromatic heterocycles. The Morgan fingerprint density at radius 3 is 2.72 bits per heavy atom. The van der Waals surface area contributed by atoms with Crippen molar-refractivity contribution in [3.05, 3.63) is 65.5 Å². The number of hydrogen-bond acceptors (Lipinski definition) is 2. The Kier molecular flexibility index (Phi) is 3.99. The molecule has 0 aliphatic rings. The van der Waals surface area contributed by atoms with Gasteiger partial charge in [-0.1, -0.05) is 6.07 Å². The van der Waals surface area contributed by atoms with Crippen LogP contribution in [0.2, 0.25) is 0 Å². The summed E-state index contributed by atoms with van der Waals surface area (Å²) >= 11 is 0. The fourth-order valence-corrected chi connectivity index (χ4v) is 1.95. The number of pyridine rings is 1. The van der Waals surface area contributed by atoms with Crippen molar-refractivity contribution in [2.24, 2.45) is 5.73 Å². The molecule has 0 bridgehead atoms. The van der Waals surface area contributed by atoms with Gasteiger partial charge in [0.1, 0.15) is 11.6 Å². The van der Waals surface area contributed by atoms with Crippen LogP contribution in [0.5, 0.6) is 0 Å². The molecular weight excluding hydrogens is 234 g/mol. The summed E-state index contributed by atoms with van der Waals surface area (Å²) in [5.41, 5.74) is 6.94. The SMILES string of the molecule is NCC(Cc1cccnc1)c1cc(F)ccc1F. The zero-order valence-electron chi connectivity index (χ0n) is 9.81. The molecule has 0 aliphatic carbocycles. The van der Waals surface area contributed by atoms with Crippen molar-refractivity contribution in [1.82, 2.24) is 4.98 Å². The van der Waals surface area contributed by atoms with Gasteiger partial charge in [0.05, 0.1) is 0 Å². The van der Waals surface area contributed by atoms with E-state index in [1.165, 1.54) is 6.07 Å². The van der Waals surface area contributed by atoms with E-state index in [0.717, 1.165) is 17.7 Å². The van der Waals surface area contributed by atoms with Crippen LogP contribution in [0.3, 0.4) is 0 Å². The van der Waals surface area contributed by atoms with Crippen LogP contribution in [-0.4, -0.2) is 11.5 Å². The maximum Gasteiger partial charge on any atom is 0.126 e. The molecule has 0 radical (unpaired) electrons. The lowest BCUT2D eigenvalue weighted by atomic mass is 9.92. The summed E-state index contributed by atoms with van der Waals surface area (Å²) in [6, 6.07) is 7.16. The highest BCUT2D eigenvalue weighted by molar-refractivity contribution is 5.25. The summed E-state index contributed by atoms with van der Waals surface area (Å²) in [4.78, 5) is 4.00. The van der Waals surface area contributed by atoms with Crippen molar-refractivity contribution >= 4 is 0 Å². The lowest BCUT2D eigenvalue weighted by Gasteiger charge is -2.16. The van der Waals surface area contributed by atoms with Crippen molar-refractivity contribution in [1.29, 1.82) is 0 Å². The van der Waals surface area contributed by atoms with E-state index in [1.54, 1.807) is 12.4 Å². The van der Waals surface area contributed by atoms with E-state index in [4.69, 9.17) is 5.73 Å². The molecule has 2 aromatic rings. The van der Waals surface area contributed by atoms with Gasteiger partial charge in [-0.3, -0.25) is 4.98 Å². The molecule has 2 N–H and O–H groups in total. The fourth-order valence-electron chi connectivity index (χ4n) is 1.95. The summed E-state index contributed by atoms with van der Waals surface area (Å²) < 4.78 is 26.8. The normalized spacial score (nSPS) is 12.4. The smallest absolute Gasteiger partial charge is 0.126 e. The lowest BCUT2D eigenvalue weighted by Crippen LogP contribution is -2.16. The summed E-state index contributed by atoms with van der Waals surface area (Å²) in [5, 5.41) is 0. The third-order valence-corrected chi connectivity index (χ3v) is 2.89. The van der Waals surface area contributed by atoms with Gasteiger partial charge in [0, 0.05) is 18.3 Å². The van der Waals surface area contributed by atoms with Gasteiger partial charge in [0.2, 0.25) is 0 Å². The Morgan fingerprint density at radius 2 is 2.06 bits per heavy atom. The second-order valence-electron chi connectivity index (χ2n) is 4.16. The Hall–Kier alpha value is -1.81. The highest BCUT2D eigenvalue weighted by atomic mass is 19.1. The first-order chi connectivity index (χ1) is 8.70. The second kappa shape index (κ2) is 5.69. The number of aromatic nitrogens is 1. The van der Waals surface area contributed by atoms with Crippen LogP contribution in [0, 0.1) is 11.6 Å². The molecule has 0 saturated carbocycles. The van der Waals surface area contributed by atoms with Gasteiger partial charge in [-0.2, -0.15) is 0 Å². The topological polar surface area (TPSA) is 38.9 Å². The Labute approximate surface area is 104 Å². The molecule has 0 amide bonds. The van der Waals surface area contributed by atoms with Crippen molar-refractivity contribution in [2.75, 3.05) is 6.54 Å². The van der Waals surface area contributed by atoms with Gasteiger partial charge in [0.15, 0.2) is 0 Å². The van der Waals surface area contributed by atoms with E-state index in [-0.39, 0.29) is 12.5 Å². The predicted octanol–water partition coefficient (Wildman–Crippen LogP) is 2.64. The summed E-state index contributed by atoms with van der Waals surface area (Å²) in [6.45, 7) is 0.259. The first kappa shape index (κ1) is 12.6. The van der Waals surface area contributed by atoms with Crippen LogP contribution >= 0.6 is 0 Å². The van der Waals surface area contributed by atoms with Crippen LogP contribution in [0.4, 0.5) is 8.78 Å². The zero-order valence-corrected chi connectivity index (χ0v) is 9.81. The molecule has 1 aromatic carbocycles. The molecule has 0 saturated heterocycles. The highest BCUT2D eigenvalue weighted by Gasteiger charge is 2.16. The molecule has 0 aliphatic heterocycles. The van der Waals surface area contributed by atoms with Crippen molar-refractivity contribution < 1.29 is 8.78 Å². The van der Waals surface area contributed by atoms with Crippen LogP contribution in [0.1, 0.15) is 17.0 Å². The molecule has 1 unspecified atom stereocenters. The van der Waals surface area contributed by atoms with E-state index in [1.807, 2.05) is 12.1 Å². The monoisotopic (exact) mass is 248 g/mol. The Balaban J connectivity index is 2.26. The fraction of sp³-hybridized carbons (Fsp3) is 0.214. The van der Waals surface area contributed by atoms with E-state index < -0.39 is 11.6 Å². The number of halogens is 2. The average molecular weight is 248 g/mol. The Bertz CT molecular complexity index is 514. The molecule has 18 heavy (non-hydrogen) atoms. The standard InChI is InChI=1S/C14H14F2N2/c15-12-3-4-14(16)13(7-12)11(8-17)6-10-2-1-5-18-9-10/h1-5,7,9,11H,6,8,17H2. The highest BCUT2D eigenvalue weighted by Crippen LogP contribution is 2.23. The van der Waals surface area contributed by atoms with Crippen LogP contribution in [0.15, 0.2) is 42.7 Å². The van der Waals surface area contributed by atoms with Crippen LogP contribution in [0.25, 0.3) is 0 Å². The van der Waals surface area contributed by atoms with Gasteiger partial charge < -0.3 is 5.73 Å². The second-order valence-corrected chi connectivity index (χ2v) is 4.16. The van der Waals surface area contributed by atoms with Gasteiger partial charge in [-0.25, -0.2) is 8.78 Å². The molecular formula is C14H14F2N2. The largest absolute Gasteiger partial charge is 0.330 e. The maximum atomic E-state index is 13.7. The minimum atomic E-state index is -0.448. The van der Waals surface area contributed by atoms with Crippen molar-refractivity contribution in [3.8, 4) is 0 Å². The molecule has 4 heteroatoms. The van der Waals surface area contributed by atoms with E-state index in [2.05, 4.69) is 4.98 Å². The summed E-state index contributed by atoms with van der Waals surface area (Å²) in [5.74, 6) is -1.11. The van der Waals surface area contributed by atoms with Crippen LogP contribution in [-0.2, 0) is 6.42 Å². The quantitative estimate of drug-likeness (QED) is 0.903. The summed E-state index contributed by atoms with van der Waals surface area (Å²) in [6.07, 6.45) is 3.92. The van der Waals surface area contributed by atoms with Gasteiger partial charge in [-0.05, 0) is 48.4 Å². The maximum absolute atomic E-state index is 13.7. The number of rotatable bonds is 4. The van der Waals surface area contributed by atoms with Crippen molar-refractivity contribution in [3.63, 3.8) is 0 Å². The van der Waals surface area contributed by atoms with Gasteiger partial charge >= 0.3 is 0 Å². The van der Waals surface area contributed by atoms with E-state index in [9.17, 15) is 8.78 Å². The first-order valence-electron chi connectivity index (χ1n) is 5.74. The molecule has 1 heterocycles. The van der Waals surface area contributed by atoms with Gasteiger partial charge in [-0.15, -0.1) is 0 Å². The summed E-state index contributed by atoms with van der Waals surface area (Å²) in [7, 11) is 0. The molecule has 1 atom stereocenters. The number of nitrogens with two attached hydrogens (primary N) is 1. The molecule has 2 nitrogen and oxygen atoms in total. The molecule has 0 fully saturated rings. The number of hydrogen-bond donors (Lipinski definition) is 1. The number of benzene rings is 1. The zero-order chi connectivity index (χ0) is 13.0. The predicted molar refractivity (Wildman–Crippen MR) is 66.1 cm³/mol.